The first-order chi connectivity index (χ1) is 6.47. The van der Waals surface area contributed by atoms with E-state index in [9.17, 15) is 0 Å². The summed E-state index contributed by atoms with van der Waals surface area (Å²) in [6.07, 6.45) is 4.04. The Hall–Kier alpha value is 0.177. The van der Waals surface area contributed by atoms with E-state index in [1.165, 1.54) is 31.4 Å². The van der Waals surface area contributed by atoms with Gasteiger partial charge in [0.1, 0.15) is 0 Å². The minimum atomic E-state index is -0.419. The Morgan fingerprint density at radius 1 is 1.29 bits per heavy atom. The molecule has 1 aliphatic heterocycles. The Labute approximate surface area is 91.0 Å². The zero-order chi connectivity index (χ0) is 10.6. The molecule has 0 amide bonds. The minimum Gasteiger partial charge on any atom is -0.417 e. The van der Waals surface area contributed by atoms with Crippen molar-refractivity contribution in [1.29, 1.82) is 0 Å². The van der Waals surface area contributed by atoms with Crippen LogP contribution in [-0.4, -0.2) is 15.6 Å². The lowest BCUT2D eigenvalue weighted by Crippen LogP contribution is -2.26. The van der Waals surface area contributed by atoms with E-state index in [1.54, 1.807) is 0 Å². The lowest BCUT2D eigenvalue weighted by molar-refractivity contribution is 0.270. The summed E-state index contributed by atoms with van der Waals surface area (Å²) in [5.41, 5.74) is 0.483. The van der Waals surface area contributed by atoms with Crippen molar-refractivity contribution in [3.05, 3.63) is 0 Å². The lowest BCUT2D eigenvalue weighted by Gasteiger charge is -2.27. The van der Waals surface area contributed by atoms with Crippen LogP contribution in [0.25, 0.3) is 0 Å². The second-order valence-electron chi connectivity index (χ2n) is 5.92. The van der Waals surface area contributed by atoms with E-state index < -0.39 is 9.04 Å². The van der Waals surface area contributed by atoms with Gasteiger partial charge in [-0.15, -0.1) is 0 Å². The summed E-state index contributed by atoms with van der Waals surface area (Å²) in [7, 11) is -0.419. The van der Waals surface area contributed by atoms with Gasteiger partial charge in [0, 0.05) is 6.61 Å². The molecule has 1 rings (SSSR count). The predicted molar refractivity (Wildman–Crippen MR) is 63.8 cm³/mol. The SMILES string of the molecule is CC(C[Si]1CCCCO1)CC(C)(C)C. The van der Waals surface area contributed by atoms with Gasteiger partial charge in [0.25, 0.3) is 0 Å². The second-order valence-corrected chi connectivity index (χ2v) is 8.19. The van der Waals surface area contributed by atoms with E-state index in [2.05, 4.69) is 27.7 Å². The fourth-order valence-corrected chi connectivity index (χ4v) is 4.85. The van der Waals surface area contributed by atoms with Gasteiger partial charge in [-0.05, 0) is 36.3 Å². The van der Waals surface area contributed by atoms with Gasteiger partial charge < -0.3 is 4.43 Å². The third-order valence-corrected chi connectivity index (χ3v) is 5.37. The molecule has 1 radical (unpaired) electrons. The van der Waals surface area contributed by atoms with Crippen LogP contribution in [0.15, 0.2) is 0 Å². The van der Waals surface area contributed by atoms with E-state index in [0.717, 1.165) is 12.5 Å². The molecule has 1 unspecified atom stereocenters. The molecule has 0 aromatic rings. The predicted octanol–water partition coefficient (Wildman–Crippen LogP) is 3.86. The average molecular weight is 213 g/mol. The highest BCUT2D eigenvalue weighted by atomic mass is 28.3. The minimum absolute atomic E-state index is 0.419. The molecule has 2 heteroatoms. The van der Waals surface area contributed by atoms with Gasteiger partial charge in [-0.2, -0.15) is 0 Å². The van der Waals surface area contributed by atoms with E-state index >= 15 is 0 Å². The molecule has 1 saturated heterocycles. The van der Waals surface area contributed by atoms with Crippen molar-refractivity contribution in [2.24, 2.45) is 11.3 Å². The molecular formula is C12H25OSi. The summed E-state index contributed by atoms with van der Waals surface area (Å²) in [5.74, 6) is 0.849. The second kappa shape index (κ2) is 5.31. The van der Waals surface area contributed by atoms with E-state index in [1.807, 2.05) is 0 Å². The van der Waals surface area contributed by atoms with Gasteiger partial charge in [0.2, 0.25) is 9.04 Å². The first-order valence-corrected chi connectivity index (χ1v) is 7.77. The van der Waals surface area contributed by atoms with Crippen LogP contribution in [0, 0.1) is 11.3 Å². The van der Waals surface area contributed by atoms with Crippen molar-refractivity contribution in [2.45, 2.75) is 59.0 Å². The van der Waals surface area contributed by atoms with Gasteiger partial charge in [-0.1, -0.05) is 34.1 Å². The molecule has 0 spiro atoms. The molecule has 1 heterocycles. The Morgan fingerprint density at radius 3 is 2.50 bits per heavy atom. The monoisotopic (exact) mass is 213 g/mol. The van der Waals surface area contributed by atoms with Crippen molar-refractivity contribution in [1.82, 2.24) is 0 Å². The van der Waals surface area contributed by atoms with Crippen molar-refractivity contribution in [3.8, 4) is 0 Å². The fourth-order valence-electron chi connectivity index (χ4n) is 2.38. The van der Waals surface area contributed by atoms with Crippen LogP contribution in [0.5, 0.6) is 0 Å². The first-order valence-electron chi connectivity index (χ1n) is 5.95. The third kappa shape index (κ3) is 5.16. The van der Waals surface area contributed by atoms with E-state index in [4.69, 9.17) is 4.43 Å². The summed E-state index contributed by atoms with van der Waals surface area (Å²) in [4.78, 5) is 0. The van der Waals surface area contributed by atoms with Crippen LogP contribution in [0.2, 0.25) is 12.1 Å². The van der Waals surface area contributed by atoms with Gasteiger partial charge in [0.15, 0.2) is 0 Å². The quantitative estimate of drug-likeness (QED) is 0.647. The molecule has 0 saturated carbocycles. The Morgan fingerprint density at radius 2 is 2.00 bits per heavy atom. The Bertz CT molecular complexity index is 156. The Balaban J connectivity index is 2.21. The van der Waals surface area contributed by atoms with Crippen LogP contribution >= 0.6 is 0 Å². The normalized spacial score (nSPS) is 22.3. The molecule has 14 heavy (non-hydrogen) atoms. The van der Waals surface area contributed by atoms with Crippen molar-refractivity contribution in [3.63, 3.8) is 0 Å². The number of hydrogen-bond donors (Lipinski definition) is 0. The molecule has 1 aliphatic rings. The zero-order valence-electron chi connectivity index (χ0n) is 10.2. The summed E-state index contributed by atoms with van der Waals surface area (Å²) in [5, 5.41) is 0. The highest BCUT2D eigenvalue weighted by Gasteiger charge is 2.23. The largest absolute Gasteiger partial charge is 0.417 e. The molecule has 1 atom stereocenters. The molecule has 0 N–H and O–H groups in total. The van der Waals surface area contributed by atoms with Gasteiger partial charge in [-0.25, -0.2) is 0 Å². The van der Waals surface area contributed by atoms with Crippen LogP contribution in [0.4, 0.5) is 0 Å². The lowest BCUT2D eigenvalue weighted by atomic mass is 9.86. The van der Waals surface area contributed by atoms with Crippen LogP contribution < -0.4 is 0 Å². The molecular weight excluding hydrogens is 188 g/mol. The topological polar surface area (TPSA) is 9.23 Å². The van der Waals surface area contributed by atoms with Gasteiger partial charge in [-0.3, -0.25) is 0 Å². The number of hydrogen-bond acceptors (Lipinski definition) is 1. The summed E-state index contributed by atoms with van der Waals surface area (Å²) in [6, 6.07) is 2.75. The molecule has 0 aliphatic carbocycles. The van der Waals surface area contributed by atoms with Crippen molar-refractivity contribution in [2.75, 3.05) is 6.61 Å². The maximum atomic E-state index is 5.86. The van der Waals surface area contributed by atoms with Crippen molar-refractivity contribution >= 4 is 9.04 Å². The number of rotatable bonds is 3. The standard InChI is InChI=1S/C12H25OSi/c1-11(9-12(2,3)4)10-14-8-6-5-7-13-14/h11H,5-10H2,1-4H3. The molecule has 1 fully saturated rings. The molecule has 0 aromatic heterocycles. The van der Waals surface area contributed by atoms with Gasteiger partial charge in [0.05, 0.1) is 0 Å². The molecule has 0 bridgehead atoms. The van der Waals surface area contributed by atoms with Crippen LogP contribution in [0.1, 0.15) is 47.0 Å². The molecule has 0 aromatic carbocycles. The highest BCUT2D eigenvalue weighted by molar-refractivity contribution is 6.52. The van der Waals surface area contributed by atoms with Crippen molar-refractivity contribution < 1.29 is 4.43 Å². The summed E-state index contributed by atoms with van der Waals surface area (Å²) >= 11 is 0. The molecule has 83 valence electrons. The molecule has 1 nitrogen and oxygen atoms in total. The fraction of sp³-hybridized carbons (Fsp3) is 1.00. The van der Waals surface area contributed by atoms with E-state index in [0.29, 0.717) is 5.41 Å². The maximum Gasteiger partial charge on any atom is 0.211 e. The Kier molecular flexibility index (Phi) is 4.65. The first kappa shape index (κ1) is 12.2. The summed E-state index contributed by atoms with van der Waals surface area (Å²) < 4.78 is 5.86. The van der Waals surface area contributed by atoms with Gasteiger partial charge >= 0.3 is 0 Å². The zero-order valence-corrected chi connectivity index (χ0v) is 11.2. The van der Waals surface area contributed by atoms with E-state index in [-0.39, 0.29) is 0 Å². The smallest absolute Gasteiger partial charge is 0.211 e. The highest BCUT2D eigenvalue weighted by Crippen LogP contribution is 2.28. The maximum absolute atomic E-state index is 5.86. The average Bonchev–Trinajstić information content (AvgIpc) is 2.02. The van der Waals surface area contributed by atoms with Crippen LogP contribution in [-0.2, 0) is 4.43 Å². The van der Waals surface area contributed by atoms with Crippen LogP contribution in [0.3, 0.4) is 0 Å². The summed E-state index contributed by atoms with van der Waals surface area (Å²) in [6.45, 7) is 10.4. The third-order valence-electron chi connectivity index (χ3n) is 2.69.